The summed E-state index contributed by atoms with van der Waals surface area (Å²) in [6.45, 7) is 14.2. The van der Waals surface area contributed by atoms with Crippen LogP contribution in [0.3, 0.4) is 0 Å². The van der Waals surface area contributed by atoms with Crippen molar-refractivity contribution >= 4 is 68.0 Å². The zero-order valence-electron chi connectivity index (χ0n) is 36.8. The third-order valence-corrected chi connectivity index (χ3v) is 20.0. The van der Waals surface area contributed by atoms with Crippen LogP contribution in [0.2, 0.25) is 0 Å². The molecule has 1 aliphatic rings. The molecule has 0 bridgehead atoms. The molecule has 6 aromatic heterocycles. The molecule has 0 amide bonds. The summed E-state index contributed by atoms with van der Waals surface area (Å²) in [5, 5.41) is 6.81. The molecule has 7 rings (SSSR count). The Morgan fingerprint density at radius 3 is 1.64 bits per heavy atom. The smallest absolute Gasteiger partial charge is 0.153 e. The molecule has 8 heteroatoms. The molecule has 2 atom stereocenters. The molecular weight excluding hydrogens is 833 g/mol. The van der Waals surface area contributed by atoms with Crippen LogP contribution in [0.5, 0.6) is 0 Å². The topological polar surface area (TPSA) is 25.8 Å². The van der Waals surface area contributed by atoms with Crippen LogP contribution in [0.4, 0.5) is 0 Å². The van der Waals surface area contributed by atoms with Crippen molar-refractivity contribution in [2.75, 3.05) is 0 Å². The van der Waals surface area contributed by atoms with Crippen LogP contribution in [0.1, 0.15) is 180 Å². The van der Waals surface area contributed by atoms with Crippen molar-refractivity contribution in [3.8, 4) is 49.0 Å². The van der Waals surface area contributed by atoms with Gasteiger partial charge >= 0.3 is 0 Å². The standard InChI is InChI=1S/C51H68N2S6/c1-7-13-17-19-24-39-47(42-26-21-30-54-42)58-49(52-39)50-53-40(25-20-18-14-8-2)48(59-50)43-28-27-41(56-43)44-32-38-46(57-44)45-37(29-31-55-45)51(38,33-35(11-5)22-15-9-3)34-36(12-6)23-16-10-4/h21,26-32,35-36H,7-20,22-25,33-34H2,1-6H3. The lowest BCUT2D eigenvalue weighted by Gasteiger charge is -2.37. The van der Waals surface area contributed by atoms with Crippen LogP contribution in [0.25, 0.3) is 49.0 Å². The van der Waals surface area contributed by atoms with Gasteiger partial charge in [0.2, 0.25) is 0 Å². The van der Waals surface area contributed by atoms with Crippen LogP contribution in [0.15, 0.2) is 47.2 Å². The fraction of sp³-hybridized carbons (Fsp3) is 0.569. The van der Waals surface area contributed by atoms with Crippen molar-refractivity contribution in [1.82, 2.24) is 9.97 Å². The number of hydrogen-bond donors (Lipinski definition) is 0. The third kappa shape index (κ3) is 10.3. The summed E-state index contributed by atoms with van der Waals surface area (Å²) in [5.74, 6) is 1.53. The number of aryl methyl sites for hydroxylation is 2. The maximum Gasteiger partial charge on any atom is 0.153 e. The first-order valence-electron chi connectivity index (χ1n) is 23.3. The van der Waals surface area contributed by atoms with Gasteiger partial charge in [-0.1, -0.05) is 138 Å². The highest BCUT2D eigenvalue weighted by Crippen LogP contribution is 2.61. The van der Waals surface area contributed by atoms with Gasteiger partial charge in [-0.3, -0.25) is 0 Å². The lowest BCUT2D eigenvalue weighted by Crippen LogP contribution is -2.31. The summed E-state index contributed by atoms with van der Waals surface area (Å²) in [6, 6.07) is 14.5. The number of rotatable bonds is 26. The average molecular weight is 902 g/mol. The normalized spacial score (nSPS) is 15.9. The fourth-order valence-corrected chi connectivity index (χ4v) is 16.3. The number of thiophene rings is 4. The van der Waals surface area contributed by atoms with E-state index in [0.717, 1.165) is 34.7 Å². The Labute approximate surface area is 381 Å². The van der Waals surface area contributed by atoms with E-state index in [1.807, 2.05) is 56.7 Å². The molecule has 1 aliphatic carbocycles. The van der Waals surface area contributed by atoms with Gasteiger partial charge in [-0.25, -0.2) is 9.97 Å². The zero-order chi connectivity index (χ0) is 41.2. The Bertz CT molecular complexity index is 2140. The maximum atomic E-state index is 5.45. The molecule has 0 N–H and O–H groups in total. The maximum absolute atomic E-state index is 5.45. The van der Waals surface area contributed by atoms with E-state index in [4.69, 9.17) is 9.97 Å². The Kier molecular flexibility index (Phi) is 16.8. The molecule has 0 saturated heterocycles. The van der Waals surface area contributed by atoms with Gasteiger partial charge in [-0.15, -0.1) is 68.0 Å². The number of thiazole rings is 2. The molecule has 0 fully saturated rings. The second-order valence-electron chi connectivity index (χ2n) is 17.2. The first-order chi connectivity index (χ1) is 29.0. The van der Waals surface area contributed by atoms with Crippen molar-refractivity contribution in [1.29, 1.82) is 0 Å². The highest BCUT2D eigenvalue weighted by atomic mass is 32.1. The van der Waals surface area contributed by atoms with Gasteiger partial charge in [0.1, 0.15) is 0 Å². The zero-order valence-corrected chi connectivity index (χ0v) is 41.7. The second kappa shape index (κ2) is 21.9. The minimum Gasteiger partial charge on any atom is -0.238 e. The molecule has 6 heterocycles. The minimum atomic E-state index is 0.130. The van der Waals surface area contributed by atoms with Crippen LogP contribution in [-0.4, -0.2) is 9.97 Å². The van der Waals surface area contributed by atoms with Gasteiger partial charge in [0, 0.05) is 34.7 Å². The largest absolute Gasteiger partial charge is 0.238 e. The highest BCUT2D eigenvalue weighted by molar-refractivity contribution is 7.30. The minimum absolute atomic E-state index is 0.130. The monoisotopic (exact) mass is 900 g/mol. The molecular formula is C51H68N2S6. The number of aromatic nitrogens is 2. The Hall–Kier alpha value is -1.94. The Balaban J connectivity index is 1.24. The van der Waals surface area contributed by atoms with E-state index in [1.54, 1.807) is 20.9 Å². The van der Waals surface area contributed by atoms with E-state index in [0.29, 0.717) is 0 Å². The molecule has 0 aromatic carbocycles. The molecule has 0 spiro atoms. The molecule has 6 aromatic rings. The molecule has 318 valence electrons. The Morgan fingerprint density at radius 1 is 0.492 bits per heavy atom. The van der Waals surface area contributed by atoms with Gasteiger partial charge in [-0.2, -0.15) is 0 Å². The SMILES string of the molecule is CCCCCCc1nc(-c2nc(CCCCCC)c(-c3ccc(-c4cc5c(s4)-c4sccc4C5(CC(CC)CCCC)CC(CC)CCCC)s3)s2)sc1-c1cccs1. The van der Waals surface area contributed by atoms with Gasteiger partial charge in [0.15, 0.2) is 10.0 Å². The number of unbranched alkanes of at least 4 members (excludes halogenated alkanes) is 8. The van der Waals surface area contributed by atoms with E-state index in [2.05, 4.69) is 100 Å². The van der Waals surface area contributed by atoms with Crippen LogP contribution < -0.4 is 0 Å². The third-order valence-electron chi connectivity index (χ3n) is 12.9. The van der Waals surface area contributed by atoms with E-state index in [-0.39, 0.29) is 5.41 Å². The molecule has 2 nitrogen and oxygen atoms in total. The van der Waals surface area contributed by atoms with Crippen molar-refractivity contribution in [3.63, 3.8) is 0 Å². The summed E-state index contributed by atoms with van der Waals surface area (Å²) in [6.07, 6.45) is 25.3. The van der Waals surface area contributed by atoms with Crippen molar-refractivity contribution in [2.45, 2.75) is 175 Å². The second-order valence-corrected chi connectivity index (χ2v) is 23.2. The summed E-state index contributed by atoms with van der Waals surface area (Å²) in [7, 11) is 0. The fourth-order valence-electron chi connectivity index (χ4n) is 9.49. The predicted octanol–water partition coefficient (Wildman–Crippen LogP) is 19.2. The van der Waals surface area contributed by atoms with Gasteiger partial charge in [-0.05, 0) is 103 Å². The average Bonchev–Trinajstić information content (AvgIpc) is 4.11. The van der Waals surface area contributed by atoms with Crippen LogP contribution in [0, 0.1) is 11.8 Å². The number of fused-ring (bicyclic) bond motifs is 3. The van der Waals surface area contributed by atoms with E-state index >= 15 is 0 Å². The molecule has 2 unspecified atom stereocenters. The van der Waals surface area contributed by atoms with Crippen molar-refractivity contribution < 1.29 is 0 Å². The van der Waals surface area contributed by atoms with Crippen LogP contribution in [-0.2, 0) is 18.3 Å². The summed E-state index contributed by atoms with van der Waals surface area (Å²) in [5.41, 5.74) is 5.99. The van der Waals surface area contributed by atoms with Crippen LogP contribution >= 0.6 is 68.0 Å². The molecule has 0 saturated carbocycles. The van der Waals surface area contributed by atoms with Gasteiger partial charge in [0.05, 0.1) is 21.1 Å². The first-order valence-corrected chi connectivity index (χ1v) is 28.4. The lowest BCUT2D eigenvalue weighted by molar-refractivity contribution is 0.266. The van der Waals surface area contributed by atoms with Crippen molar-refractivity contribution in [2.24, 2.45) is 11.8 Å². The lowest BCUT2D eigenvalue weighted by atomic mass is 9.66. The summed E-state index contributed by atoms with van der Waals surface area (Å²) >= 11 is 11.7. The number of hydrogen-bond acceptors (Lipinski definition) is 8. The Morgan fingerprint density at radius 2 is 1.08 bits per heavy atom. The summed E-state index contributed by atoms with van der Waals surface area (Å²) in [4.78, 5) is 22.3. The van der Waals surface area contributed by atoms with E-state index in [9.17, 15) is 0 Å². The molecule has 0 radical (unpaired) electrons. The van der Waals surface area contributed by atoms with Gasteiger partial charge < -0.3 is 0 Å². The first kappa shape index (κ1) is 45.1. The van der Waals surface area contributed by atoms with E-state index in [1.165, 1.54) is 156 Å². The highest BCUT2D eigenvalue weighted by Gasteiger charge is 2.47. The molecule has 0 aliphatic heterocycles. The van der Waals surface area contributed by atoms with Gasteiger partial charge in [0.25, 0.3) is 0 Å². The van der Waals surface area contributed by atoms with Crippen molar-refractivity contribution in [3.05, 3.63) is 69.7 Å². The quantitative estimate of drug-likeness (QED) is 0.0507. The summed E-state index contributed by atoms with van der Waals surface area (Å²) < 4.78 is 0. The van der Waals surface area contributed by atoms with E-state index < -0.39 is 0 Å². The molecule has 59 heavy (non-hydrogen) atoms. The predicted molar refractivity (Wildman–Crippen MR) is 269 cm³/mol. The number of nitrogens with zero attached hydrogens (tertiary/aromatic N) is 2.